The number of aryl methyl sites for hydroxylation is 1. The number of carboxylic acids is 1. The molecule has 0 aliphatic heterocycles. The molecular weight excluding hydrogens is 388 g/mol. The number of aromatic amines is 1. The number of hydrogen-bond donors (Lipinski definition) is 3. The Balaban J connectivity index is 1.45. The Morgan fingerprint density at radius 1 is 1.21 bits per heavy atom. The standard InChI is InChI=1S/C23H21ClN2O3/c1-14-6-7-15(10-19(14)24)22-9-8-17(29-22)13-26-21(23(27)28)11-16-12-25-20-5-3-2-4-18(16)20/h2-10,12,21,25-26H,11,13H2,1H3,(H,27,28). The van der Waals surface area contributed by atoms with Gasteiger partial charge < -0.3 is 14.5 Å². The largest absolute Gasteiger partial charge is 0.480 e. The third kappa shape index (κ3) is 4.21. The summed E-state index contributed by atoms with van der Waals surface area (Å²) in [7, 11) is 0. The van der Waals surface area contributed by atoms with Crippen molar-refractivity contribution in [2.24, 2.45) is 0 Å². The first-order valence-electron chi connectivity index (χ1n) is 9.37. The molecule has 5 nitrogen and oxygen atoms in total. The van der Waals surface area contributed by atoms with E-state index in [1.165, 1.54) is 0 Å². The Morgan fingerprint density at radius 3 is 2.83 bits per heavy atom. The van der Waals surface area contributed by atoms with Gasteiger partial charge in [0.05, 0.1) is 6.54 Å². The molecule has 4 rings (SSSR count). The molecule has 2 heterocycles. The summed E-state index contributed by atoms with van der Waals surface area (Å²) in [5.74, 6) is 0.474. The number of fused-ring (bicyclic) bond motifs is 1. The summed E-state index contributed by atoms with van der Waals surface area (Å²) in [4.78, 5) is 14.9. The minimum atomic E-state index is -0.896. The van der Waals surface area contributed by atoms with Crippen LogP contribution >= 0.6 is 11.6 Å². The summed E-state index contributed by atoms with van der Waals surface area (Å²) in [6.07, 6.45) is 2.24. The zero-order valence-corrected chi connectivity index (χ0v) is 16.7. The molecule has 3 N–H and O–H groups in total. The number of aliphatic carboxylic acids is 1. The Labute approximate surface area is 173 Å². The third-order valence-electron chi connectivity index (χ3n) is 5.04. The van der Waals surface area contributed by atoms with Gasteiger partial charge in [-0.1, -0.05) is 41.9 Å². The van der Waals surface area contributed by atoms with Crippen molar-refractivity contribution in [2.75, 3.05) is 0 Å². The van der Waals surface area contributed by atoms with Crippen LogP contribution in [0.15, 0.2) is 65.2 Å². The number of carboxylic acid groups (broad SMARTS) is 1. The Kier molecular flexibility index (Phi) is 5.43. The summed E-state index contributed by atoms with van der Waals surface area (Å²) in [5, 5.41) is 14.5. The van der Waals surface area contributed by atoms with Crippen LogP contribution in [0.5, 0.6) is 0 Å². The number of furan rings is 1. The lowest BCUT2D eigenvalue weighted by Gasteiger charge is -2.13. The molecule has 0 fully saturated rings. The van der Waals surface area contributed by atoms with Crippen LogP contribution in [0.3, 0.4) is 0 Å². The predicted molar refractivity (Wildman–Crippen MR) is 114 cm³/mol. The van der Waals surface area contributed by atoms with Crippen LogP contribution in [-0.2, 0) is 17.8 Å². The van der Waals surface area contributed by atoms with E-state index in [2.05, 4.69) is 10.3 Å². The zero-order valence-electron chi connectivity index (χ0n) is 15.9. The smallest absolute Gasteiger partial charge is 0.321 e. The molecule has 0 spiro atoms. The van der Waals surface area contributed by atoms with Crippen molar-refractivity contribution in [1.82, 2.24) is 10.3 Å². The van der Waals surface area contributed by atoms with Crippen LogP contribution in [-0.4, -0.2) is 22.1 Å². The van der Waals surface area contributed by atoms with Crippen molar-refractivity contribution in [3.63, 3.8) is 0 Å². The van der Waals surface area contributed by atoms with E-state index in [4.69, 9.17) is 16.0 Å². The summed E-state index contributed by atoms with van der Waals surface area (Å²) in [5.41, 5.74) is 3.86. The fourth-order valence-electron chi connectivity index (χ4n) is 3.37. The van der Waals surface area contributed by atoms with Crippen molar-refractivity contribution in [3.05, 3.63) is 82.7 Å². The quantitative estimate of drug-likeness (QED) is 0.394. The van der Waals surface area contributed by atoms with Crippen molar-refractivity contribution in [2.45, 2.75) is 25.9 Å². The summed E-state index contributed by atoms with van der Waals surface area (Å²) in [6, 6.07) is 16.6. The van der Waals surface area contributed by atoms with E-state index in [0.29, 0.717) is 29.5 Å². The molecule has 1 unspecified atom stereocenters. The molecule has 0 bridgehead atoms. The number of rotatable bonds is 7. The maximum absolute atomic E-state index is 11.8. The van der Waals surface area contributed by atoms with Crippen LogP contribution in [0, 0.1) is 6.92 Å². The van der Waals surface area contributed by atoms with E-state index in [1.54, 1.807) is 0 Å². The lowest BCUT2D eigenvalue weighted by molar-refractivity contribution is -0.139. The van der Waals surface area contributed by atoms with Crippen LogP contribution in [0.4, 0.5) is 0 Å². The molecular formula is C23H21ClN2O3. The van der Waals surface area contributed by atoms with Gasteiger partial charge in [-0.3, -0.25) is 10.1 Å². The number of para-hydroxylation sites is 1. The van der Waals surface area contributed by atoms with Crippen molar-refractivity contribution < 1.29 is 14.3 Å². The van der Waals surface area contributed by atoms with Crippen LogP contribution in [0.25, 0.3) is 22.2 Å². The first-order valence-corrected chi connectivity index (χ1v) is 9.75. The average molecular weight is 409 g/mol. The molecule has 2 aromatic carbocycles. The minimum Gasteiger partial charge on any atom is -0.480 e. The minimum absolute atomic E-state index is 0.318. The molecule has 0 saturated carbocycles. The van der Waals surface area contributed by atoms with E-state index in [9.17, 15) is 9.90 Å². The summed E-state index contributed by atoms with van der Waals surface area (Å²) < 4.78 is 5.88. The lowest BCUT2D eigenvalue weighted by Crippen LogP contribution is -2.37. The number of carbonyl (C=O) groups is 1. The second-order valence-electron chi connectivity index (χ2n) is 7.07. The number of halogens is 1. The number of nitrogens with one attached hydrogen (secondary N) is 2. The van der Waals surface area contributed by atoms with Crippen LogP contribution < -0.4 is 5.32 Å². The Hall–Kier alpha value is -3.02. The highest BCUT2D eigenvalue weighted by Gasteiger charge is 2.20. The number of H-pyrrole nitrogens is 1. The molecule has 0 saturated heterocycles. The molecule has 0 aliphatic rings. The first kappa shape index (κ1) is 19.3. The van der Waals surface area contributed by atoms with Gasteiger partial charge in [-0.05, 0) is 42.3 Å². The van der Waals surface area contributed by atoms with Gasteiger partial charge in [0.15, 0.2) is 0 Å². The number of hydrogen-bond acceptors (Lipinski definition) is 3. The van der Waals surface area contributed by atoms with Gasteiger partial charge in [0.25, 0.3) is 0 Å². The highest BCUT2D eigenvalue weighted by molar-refractivity contribution is 6.31. The fourth-order valence-corrected chi connectivity index (χ4v) is 3.55. The molecule has 1 atom stereocenters. The van der Waals surface area contributed by atoms with E-state index in [1.807, 2.05) is 67.7 Å². The highest BCUT2D eigenvalue weighted by atomic mass is 35.5. The van der Waals surface area contributed by atoms with Crippen molar-refractivity contribution in [3.8, 4) is 11.3 Å². The molecule has 6 heteroatoms. The Morgan fingerprint density at radius 2 is 2.03 bits per heavy atom. The highest BCUT2D eigenvalue weighted by Crippen LogP contribution is 2.27. The zero-order chi connectivity index (χ0) is 20.4. The van der Waals surface area contributed by atoms with Gasteiger partial charge in [0, 0.05) is 34.1 Å². The number of aromatic nitrogens is 1. The fraction of sp³-hybridized carbons (Fsp3) is 0.174. The summed E-state index contributed by atoms with van der Waals surface area (Å²) in [6.45, 7) is 2.27. The van der Waals surface area contributed by atoms with Gasteiger partial charge in [-0.15, -0.1) is 0 Å². The number of benzene rings is 2. The van der Waals surface area contributed by atoms with Gasteiger partial charge in [-0.2, -0.15) is 0 Å². The second kappa shape index (κ2) is 8.15. The van der Waals surface area contributed by atoms with E-state index < -0.39 is 12.0 Å². The Bertz CT molecular complexity index is 1160. The molecule has 0 aliphatic carbocycles. The molecule has 0 amide bonds. The second-order valence-corrected chi connectivity index (χ2v) is 7.47. The third-order valence-corrected chi connectivity index (χ3v) is 5.44. The first-order chi connectivity index (χ1) is 14.0. The average Bonchev–Trinajstić information content (AvgIpc) is 3.34. The lowest BCUT2D eigenvalue weighted by atomic mass is 10.0. The topological polar surface area (TPSA) is 78.3 Å². The van der Waals surface area contributed by atoms with Gasteiger partial charge in [0.1, 0.15) is 17.6 Å². The summed E-state index contributed by atoms with van der Waals surface area (Å²) >= 11 is 6.20. The van der Waals surface area contributed by atoms with E-state index in [-0.39, 0.29) is 0 Å². The maximum Gasteiger partial charge on any atom is 0.321 e. The molecule has 29 heavy (non-hydrogen) atoms. The SMILES string of the molecule is Cc1ccc(-c2ccc(CNC(Cc3c[nH]c4ccccc34)C(=O)O)o2)cc1Cl. The molecule has 148 valence electrons. The van der Waals surface area contributed by atoms with Crippen LogP contribution in [0.2, 0.25) is 5.02 Å². The van der Waals surface area contributed by atoms with Gasteiger partial charge in [-0.25, -0.2) is 0 Å². The van der Waals surface area contributed by atoms with Gasteiger partial charge >= 0.3 is 5.97 Å². The predicted octanol–water partition coefficient (Wildman–Crippen LogP) is 5.18. The normalized spacial score (nSPS) is 12.3. The van der Waals surface area contributed by atoms with E-state index in [0.717, 1.165) is 27.6 Å². The molecule has 4 aromatic rings. The van der Waals surface area contributed by atoms with Crippen molar-refractivity contribution in [1.29, 1.82) is 0 Å². The van der Waals surface area contributed by atoms with Crippen LogP contribution in [0.1, 0.15) is 16.9 Å². The van der Waals surface area contributed by atoms with Gasteiger partial charge in [0.2, 0.25) is 0 Å². The maximum atomic E-state index is 11.8. The monoisotopic (exact) mass is 408 g/mol. The van der Waals surface area contributed by atoms with Crippen molar-refractivity contribution >= 4 is 28.5 Å². The molecule has 0 radical (unpaired) electrons. The van der Waals surface area contributed by atoms with E-state index >= 15 is 0 Å². The molecule has 2 aromatic heterocycles.